The fraction of sp³-hybridized carbons (Fsp3) is 1.00. The standard InChI is InChI=1S/C88H220O34Si24/c1-45-89-123(21,90-46-2)65-77-135(33)111-137(35,79-67-125(23,93-49-5)94-50-6)116-143(41,117-138(36,112-135)80-68-126(24,95-51-7)96-52-8)85-73-131(29,105-61-17)109-133(31,107-63-19)75-87-145(43)120-141(39,83-71-129(27,101-57-13)102-58-14)115-142(40,84-72-130(28,103-59-15)104-60-16)121-146(44,122-145)88-76-134(32,108-64-20)110-132(30,106-62-18)74-86-144(42)118-139(37,81-69-127(25,97-53-9)98-54-10)113-136(34,78-66-124(22,91-47-3)92-48-4)114-140(38,119-144)82-70-128(26,99-55-11)100-56-12/h45-88H2,1-44H3. The van der Waals surface area contributed by atoms with E-state index < -0.39 is 205 Å². The first-order valence-corrected chi connectivity index (χ1v) is 117. The Morgan fingerprint density at radius 2 is 0.178 bits per heavy atom. The Morgan fingerprint density at radius 3 is 0.247 bits per heavy atom. The van der Waals surface area contributed by atoms with Gasteiger partial charge in [0.1, 0.15) is 0 Å². The summed E-state index contributed by atoms with van der Waals surface area (Å²) < 4.78 is 248. The summed E-state index contributed by atoms with van der Waals surface area (Å²) in [7, 11) is -76.5. The van der Waals surface area contributed by atoms with Crippen LogP contribution in [0.1, 0.15) is 138 Å². The van der Waals surface area contributed by atoms with E-state index in [1.807, 2.05) is 111 Å². The second-order valence-corrected chi connectivity index (χ2v) is 127. The van der Waals surface area contributed by atoms with E-state index in [1.165, 1.54) is 0 Å². The molecule has 0 aliphatic carbocycles. The van der Waals surface area contributed by atoms with E-state index in [-0.39, 0.29) is 0 Å². The molecule has 0 aromatic rings. The van der Waals surface area contributed by atoms with E-state index in [0.29, 0.717) is 277 Å². The molecule has 146 heavy (non-hydrogen) atoms. The first-order valence-electron chi connectivity index (χ1n) is 56.2. The van der Waals surface area contributed by atoms with Crippen LogP contribution in [-0.2, 0) is 146 Å². The molecule has 3 heterocycles. The maximum Gasteiger partial charge on any atom is 0.334 e. The molecule has 58 heteroatoms. The molecule has 0 saturated carbocycles. The van der Waals surface area contributed by atoms with Gasteiger partial charge < -0.3 is 146 Å². The van der Waals surface area contributed by atoms with Crippen LogP contribution in [0.4, 0.5) is 0 Å². The van der Waals surface area contributed by atoms with E-state index in [2.05, 4.69) is 185 Å². The molecule has 3 aliphatic heterocycles. The third-order valence-corrected chi connectivity index (χ3v) is 128. The Kier molecular flexibility index (Phi) is 62.9. The summed E-state index contributed by atoms with van der Waals surface area (Å²) in [5, 5.41) is 0. The van der Waals surface area contributed by atoms with Crippen LogP contribution in [0.25, 0.3) is 0 Å². The average Bonchev–Trinajstić information content (AvgIpc) is 0.762. The Bertz CT molecular complexity index is 3280. The molecule has 0 radical (unpaired) electrons. The molecule has 3 aliphatic rings. The summed E-state index contributed by atoms with van der Waals surface area (Å²) in [4.78, 5) is 0. The number of hydrogen-bond donors (Lipinski definition) is 0. The predicted molar refractivity (Wildman–Crippen MR) is 642 cm³/mol. The van der Waals surface area contributed by atoms with Crippen molar-refractivity contribution in [3.05, 3.63) is 0 Å². The quantitative estimate of drug-likeness (QED) is 0.0511. The molecule has 12 atom stereocenters. The third-order valence-electron chi connectivity index (χ3n) is 27.4. The molecule has 0 amide bonds. The molecule has 3 fully saturated rings. The third kappa shape index (κ3) is 50.3. The Hall–Kier alpha value is 3.85. The topological polar surface area (TPSA) is 314 Å². The van der Waals surface area contributed by atoms with Gasteiger partial charge in [0.05, 0.1) is 0 Å². The molecule has 3 saturated heterocycles. The highest BCUT2D eigenvalue weighted by Gasteiger charge is 2.65. The molecule has 12 unspecified atom stereocenters. The summed E-state index contributed by atoms with van der Waals surface area (Å²) in [5.74, 6) is 0. The maximum atomic E-state index is 8.37. The zero-order chi connectivity index (χ0) is 111. The number of hydrogen-bond acceptors (Lipinski definition) is 34. The van der Waals surface area contributed by atoms with Crippen LogP contribution in [-0.4, -0.2) is 338 Å². The summed E-state index contributed by atoms with van der Waals surface area (Å²) >= 11 is 0. The van der Waals surface area contributed by atoms with E-state index in [4.69, 9.17) is 146 Å². The van der Waals surface area contributed by atoms with Crippen LogP contribution < -0.4 is 0 Å². The van der Waals surface area contributed by atoms with Gasteiger partial charge in [0.15, 0.2) is 0 Å². The smallest absolute Gasteiger partial charge is 0.334 e. The van der Waals surface area contributed by atoms with Gasteiger partial charge >= 0.3 is 205 Å². The van der Waals surface area contributed by atoms with Crippen molar-refractivity contribution in [3.63, 3.8) is 0 Å². The van der Waals surface area contributed by atoms with Gasteiger partial charge in [-0.15, -0.1) is 0 Å². The summed E-state index contributed by atoms with van der Waals surface area (Å²) in [6.45, 7) is 104. The van der Waals surface area contributed by atoms with Crippen molar-refractivity contribution >= 4 is 205 Å². The largest absolute Gasteiger partial charge is 0.416 e. The van der Waals surface area contributed by atoms with Crippen LogP contribution in [0.3, 0.4) is 0 Å². The first-order chi connectivity index (χ1) is 67.6. The summed E-state index contributed by atoms with van der Waals surface area (Å²) in [5.41, 5.74) is 0. The van der Waals surface area contributed by atoms with Crippen LogP contribution in [0, 0.1) is 0 Å². The fourth-order valence-electron chi connectivity index (χ4n) is 21.5. The van der Waals surface area contributed by atoms with Crippen LogP contribution in [0.15, 0.2) is 0 Å². The van der Waals surface area contributed by atoms with Gasteiger partial charge in [-0.1, -0.05) is 0 Å². The first kappa shape index (κ1) is 144. The Labute approximate surface area is 916 Å². The second kappa shape index (κ2) is 63.8. The zero-order valence-corrected chi connectivity index (χ0v) is 125. The fourth-order valence-corrected chi connectivity index (χ4v) is 151. The van der Waals surface area contributed by atoms with Gasteiger partial charge in [0.2, 0.25) is 0 Å². The van der Waals surface area contributed by atoms with Crippen molar-refractivity contribution in [1.82, 2.24) is 0 Å². The molecule has 0 spiro atoms. The van der Waals surface area contributed by atoms with Crippen LogP contribution >= 0.6 is 0 Å². The van der Waals surface area contributed by atoms with Gasteiger partial charge in [-0.3, -0.25) is 0 Å². The van der Waals surface area contributed by atoms with Gasteiger partial charge in [-0.2, -0.15) is 0 Å². The van der Waals surface area contributed by atoms with E-state index in [9.17, 15) is 0 Å². The van der Waals surface area contributed by atoms with Gasteiger partial charge in [0.25, 0.3) is 0 Å². The van der Waals surface area contributed by atoms with E-state index >= 15 is 0 Å². The lowest BCUT2D eigenvalue weighted by Gasteiger charge is -2.52. The lowest BCUT2D eigenvalue weighted by Crippen LogP contribution is -2.68. The predicted octanol–water partition coefficient (Wildman–Crippen LogP) is 24.7. The highest BCUT2D eigenvalue weighted by atomic mass is 28.5. The minimum absolute atomic E-state index is 0.399. The molecule has 3 rings (SSSR count). The van der Waals surface area contributed by atoms with Crippen LogP contribution in [0.5, 0.6) is 0 Å². The van der Waals surface area contributed by atoms with Crippen molar-refractivity contribution in [1.29, 1.82) is 0 Å². The maximum absolute atomic E-state index is 8.37. The normalized spacial score (nSPS) is 29.3. The monoisotopic (exact) mass is 2490 g/mol. The van der Waals surface area contributed by atoms with Crippen molar-refractivity contribution in [2.45, 2.75) is 441 Å². The molecular weight excluding hydrogens is 2270 g/mol. The molecule has 872 valence electrons. The van der Waals surface area contributed by atoms with E-state index in [0.717, 1.165) is 0 Å². The molecule has 0 aromatic heterocycles. The van der Waals surface area contributed by atoms with Crippen molar-refractivity contribution in [2.75, 3.05) is 132 Å². The molecule has 0 N–H and O–H groups in total. The van der Waals surface area contributed by atoms with Crippen molar-refractivity contribution in [3.8, 4) is 0 Å². The Balaban J connectivity index is 2.53. The zero-order valence-electron chi connectivity index (χ0n) is 101. The highest BCUT2D eigenvalue weighted by molar-refractivity contribution is 6.99. The Morgan fingerprint density at radius 1 is 0.116 bits per heavy atom. The molecule has 0 bridgehead atoms. The van der Waals surface area contributed by atoms with Crippen molar-refractivity contribution in [2.24, 2.45) is 0 Å². The SMILES string of the molecule is CCO[Si](C)(CC[Si]1(C)O[Si](C)(CC[Si](C)(OCC)OCC)O[Si](C)(CC[Si](C)(OCC)O[Si](C)(CC[Si]2(C)O[Si](C)(CC[Si](C)(OCC)OCC)O[Si](C)(CC[Si](C)(OCC)OCC)O[Si](C)(CC[Si](C)(OCC)O[Si](C)(CC[Si]3(C)O[Si](C)(CC[Si](C)(OCC)OCC)O[Si](C)(CC[Si](C)(OCC)OCC)O[Si](C)(CC[Si](C)(OCC)OCC)O3)OCC)O2)OCC)O[Si](C)(CC[Si](C)(OCC)OCC)O1)OCC. The lowest BCUT2D eigenvalue weighted by atomic mass is 10.9. The summed E-state index contributed by atoms with van der Waals surface area (Å²) in [6, 6.07) is 14.2. The summed E-state index contributed by atoms with van der Waals surface area (Å²) in [6.07, 6.45) is 0. The highest BCUT2D eigenvalue weighted by Crippen LogP contribution is 2.49. The van der Waals surface area contributed by atoms with Crippen LogP contribution in [0.2, 0.25) is 302 Å². The molecule has 0 aromatic carbocycles. The van der Waals surface area contributed by atoms with Gasteiger partial charge in [-0.05, 0) is 441 Å². The van der Waals surface area contributed by atoms with Gasteiger partial charge in [0, 0.05) is 132 Å². The lowest BCUT2D eigenvalue weighted by molar-refractivity contribution is 0.183. The minimum Gasteiger partial charge on any atom is -0.416 e. The van der Waals surface area contributed by atoms with E-state index in [1.54, 1.807) is 0 Å². The molecular formula is C88H220O34Si24. The average molecular weight is 2500 g/mol. The second-order valence-electron chi connectivity index (χ2n) is 43.3. The molecule has 34 nitrogen and oxygen atoms in total. The van der Waals surface area contributed by atoms with Gasteiger partial charge in [-0.25, -0.2) is 0 Å². The minimum atomic E-state index is -3.63. The number of rotatable bonds is 80. The van der Waals surface area contributed by atoms with Crippen molar-refractivity contribution < 1.29 is 146 Å².